The predicted molar refractivity (Wildman–Crippen MR) is 113 cm³/mol. The molecule has 0 saturated heterocycles. The van der Waals surface area contributed by atoms with Gasteiger partial charge >= 0.3 is 0 Å². The van der Waals surface area contributed by atoms with Gasteiger partial charge in [0.1, 0.15) is 5.75 Å². The Bertz CT molecular complexity index is 1030. The van der Waals surface area contributed by atoms with Gasteiger partial charge in [-0.3, -0.25) is 9.48 Å². The number of hydrogen-bond acceptors (Lipinski definition) is 6. The molecule has 0 atom stereocenters. The fourth-order valence-electron chi connectivity index (χ4n) is 3.46. The van der Waals surface area contributed by atoms with Crippen LogP contribution in [-0.4, -0.2) is 49.9 Å². The summed E-state index contributed by atoms with van der Waals surface area (Å²) in [5, 5.41) is 7.44. The molecule has 1 aromatic heterocycles. The molecule has 168 valence electrons. The van der Waals surface area contributed by atoms with Crippen LogP contribution in [0.4, 0.5) is 0 Å². The van der Waals surface area contributed by atoms with Gasteiger partial charge in [0.15, 0.2) is 5.69 Å². The van der Waals surface area contributed by atoms with Crippen molar-refractivity contribution in [3.05, 3.63) is 41.2 Å². The van der Waals surface area contributed by atoms with Gasteiger partial charge < -0.3 is 14.8 Å². The molecule has 2 heterocycles. The van der Waals surface area contributed by atoms with Gasteiger partial charge in [-0.2, -0.15) is 5.10 Å². The summed E-state index contributed by atoms with van der Waals surface area (Å²) in [5.74, 6) is 0.456. The van der Waals surface area contributed by atoms with E-state index in [9.17, 15) is 13.2 Å². The molecule has 10 heteroatoms. The summed E-state index contributed by atoms with van der Waals surface area (Å²) in [6, 6.07) is 6.60. The van der Waals surface area contributed by atoms with Crippen LogP contribution in [-0.2, 0) is 34.3 Å². The van der Waals surface area contributed by atoms with Crippen molar-refractivity contribution in [1.29, 1.82) is 0 Å². The summed E-state index contributed by atoms with van der Waals surface area (Å²) < 4.78 is 40.6. The molecule has 4 rings (SSSR count). The molecule has 0 radical (unpaired) electrons. The summed E-state index contributed by atoms with van der Waals surface area (Å²) >= 11 is 0. The minimum absolute atomic E-state index is 0.162. The van der Waals surface area contributed by atoms with E-state index in [2.05, 4.69) is 15.1 Å². The highest BCUT2D eigenvalue weighted by Gasteiger charge is 2.29. The van der Waals surface area contributed by atoms with E-state index in [0.29, 0.717) is 44.2 Å². The number of fused-ring (bicyclic) bond motifs is 1. The highest BCUT2D eigenvalue weighted by atomic mass is 32.2. The molecule has 1 aliphatic heterocycles. The van der Waals surface area contributed by atoms with Gasteiger partial charge in [0.2, 0.25) is 10.0 Å². The molecule has 9 nitrogen and oxygen atoms in total. The molecule has 0 bridgehead atoms. The molecule has 1 fully saturated rings. The quantitative estimate of drug-likeness (QED) is 0.571. The average Bonchev–Trinajstić information content (AvgIpc) is 3.51. The van der Waals surface area contributed by atoms with E-state index in [4.69, 9.17) is 9.47 Å². The highest BCUT2D eigenvalue weighted by molar-refractivity contribution is 7.89. The Labute approximate surface area is 182 Å². The largest absolute Gasteiger partial charge is 0.494 e. The van der Waals surface area contributed by atoms with Crippen molar-refractivity contribution in [1.82, 2.24) is 19.8 Å². The zero-order valence-electron chi connectivity index (χ0n) is 17.6. The van der Waals surface area contributed by atoms with Crippen LogP contribution in [0.3, 0.4) is 0 Å². The lowest BCUT2D eigenvalue weighted by molar-refractivity contribution is 0.0922. The SMILES string of the molecule is CCCOc1ccc(S(=O)(=O)NCCn2nc(C(=O)NC3CC3)c3c2CCOC3)cc1. The Hall–Kier alpha value is -2.43. The number of benzene rings is 1. The number of aromatic nitrogens is 2. The molecular formula is C21H28N4O5S. The van der Waals surface area contributed by atoms with Crippen LogP contribution in [0.15, 0.2) is 29.2 Å². The first-order valence-corrected chi connectivity index (χ1v) is 12.2. The molecule has 1 saturated carbocycles. The molecule has 1 aliphatic carbocycles. The summed E-state index contributed by atoms with van der Waals surface area (Å²) in [5.41, 5.74) is 2.12. The van der Waals surface area contributed by atoms with Crippen molar-refractivity contribution in [2.24, 2.45) is 0 Å². The van der Waals surface area contributed by atoms with Gasteiger partial charge in [-0.05, 0) is 43.5 Å². The molecule has 1 aromatic carbocycles. The van der Waals surface area contributed by atoms with Gasteiger partial charge in [-0.1, -0.05) is 6.92 Å². The number of hydrogen-bond donors (Lipinski definition) is 2. The van der Waals surface area contributed by atoms with E-state index in [0.717, 1.165) is 30.5 Å². The van der Waals surface area contributed by atoms with Gasteiger partial charge in [-0.25, -0.2) is 13.1 Å². The van der Waals surface area contributed by atoms with Crippen LogP contribution in [0, 0.1) is 0 Å². The summed E-state index contributed by atoms with van der Waals surface area (Å²) in [7, 11) is -3.66. The first-order chi connectivity index (χ1) is 15.0. The number of sulfonamides is 1. The number of nitrogens with one attached hydrogen (secondary N) is 2. The van der Waals surface area contributed by atoms with Crippen molar-refractivity contribution in [2.75, 3.05) is 19.8 Å². The minimum Gasteiger partial charge on any atom is -0.494 e. The van der Waals surface area contributed by atoms with Gasteiger partial charge in [0, 0.05) is 30.3 Å². The molecule has 31 heavy (non-hydrogen) atoms. The summed E-state index contributed by atoms with van der Waals surface area (Å²) in [6.07, 6.45) is 3.52. The van der Waals surface area contributed by atoms with Crippen LogP contribution >= 0.6 is 0 Å². The van der Waals surface area contributed by atoms with Crippen LogP contribution in [0.25, 0.3) is 0 Å². The molecule has 0 spiro atoms. The smallest absolute Gasteiger partial charge is 0.272 e. The highest BCUT2D eigenvalue weighted by Crippen LogP contribution is 2.24. The van der Waals surface area contributed by atoms with Gasteiger partial charge in [0.05, 0.1) is 31.3 Å². The lowest BCUT2D eigenvalue weighted by Crippen LogP contribution is -2.28. The topological polar surface area (TPSA) is 112 Å². The fraction of sp³-hybridized carbons (Fsp3) is 0.524. The van der Waals surface area contributed by atoms with Crippen LogP contribution in [0.1, 0.15) is 47.9 Å². The standard InChI is InChI=1S/C21H28N4O5S/c1-2-12-30-16-5-7-17(8-6-16)31(27,28)22-10-11-25-19-9-13-29-14-18(19)20(24-25)21(26)23-15-3-4-15/h5-8,15,22H,2-4,9-14H2,1H3,(H,23,26). The Morgan fingerprint density at radius 3 is 2.77 bits per heavy atom. The average molecular weight is 449 g/mol. The Morgan fingerprint density at radius 2 is 2.06 bits per heavy atom. The third-order valence-corrected chi connectivity index (χ3v) is 6.72. The summed E-state index contributed by atoms with van der Waals surface area (Å²) in [4.78, 5) is 12.7. The van der Waals surface area contributed by atoms with E-state index in [-0.39, 0.29) is 23.4 Å². The monoisotopic (exact) mass is 448 g/mol. The predicted octanol–water partition coefficient (Wildman–Crippen LogP) is 1.62. The van der Waals surface area contributed by atoms with Gasteiger partial charge in [0.25, 0.3) is 5.91 Å². The zero-order valence-corrected chi connectivity index (χ0v) is 18.4. The van der Waals surface area contributed by atoms with Crippen molar-refractivity contribution in [3.8, 4) is 5.75 Å². The molecular weight excluding hydrogens is 420 g/mol. The van der Waals surface area contributed by atoms with Crippen molar-refractivity contribution in [2.45, 2.75) is 56.7 Å². The molecule has 2 N–H and O–H groups in total. The van der Waals surface area contributed by atoms with E-state index in [1.165, 1.54) is 12.1 Å². The number of amides is 1. The number of carbonyl (C=O) groups is 1. The Balaban J connectivity index is 1.40. The maximum atomic E-state index is 12.6. The zero-order chi connectivity index (χ0) is 21.8. The van der Waals surface area contributed by atoms with Crippen molar-refractivity contribution in [3.63, 3.8) is 0 Å². The first-order valence-electron chi connectivity index (χ1n) is 10.7. The molecule has 0 unspecified atom stereocenters. The van der Waals surface area contributed by atoms with Gasteiger partial charge in [-0.15, -0.1) is 0 Å². The molecule has 2 aromatic rings. The van der Waals surface area contributed by atoms with E-state index in [1.807, 2.05) is 6.92 Å². The summed E-state index contributed by atoms with van der Waals surface area (Å²) in [6.45, 7) is 3.99. The Kier molecular flexibility index (Phi) is 6.59. The lowest BCUT2D eigenvalue weighted by Gasteiger charge is -2.15. The second-order valence-electron chi connectivity index (χ2n) is 7.76. The molecule has 2 aliphatic rings. The third-order valence-electron chi connectivity index (χ3n) is 5.25. The van der Waals surface area contributed by atoms with Crippen molar-refractivity contribution >= 4 is 15.9 Å². The maximum absolute atomic E-state index is 12.6. The lowest BCUT2D eigenvalue weighted by atomic mass is 10.1. The minimum atomic E-state index is -3.66. The van der Waals surface area contributed by atoms with E-state index in [1.54, 1.807) is 16.8 Å². The van der Waals surface area contributed by atoms with Crippen molar-refractivity contribution < 1.29 is 22.7 Å². The second-order valence-corrected chi connectivity index (χ2v) is 9.53. The number of nitrogens with zero attached hydrogens (tertiary/aromatic N) is 2. The number of rotatable bonds is 10. The van der Waals surface area contributed by atoms with Crippen LogP contribution in [0.2, 0.25) is 0 Å². The second kappa shape index (κ2) is 9.37. The van der Waals surface area contributed by atoms with Crippen LogP contribution < -0.4 is 14.8 Å². The first kappa shape index (κ1) is 21.8. The van der Waals surface area contributed by atoms with E-state index >= 15 is 0 Å². The van der Waals surface area contributed by atoms with E-state index < -0.39 is 10.0 Å². The van der Waals surface area contributed by atoms with Crippen LogP contribution in [0.5, 0.6) is 5.75 Å². The number of ether oxygens (including phenoxy) is 2. The number of carbonyl (C=O) groups excluding carboxylic acids is 1. The molecule has 1 amide bonds. The Morgan fingerprint density at radius 1 is 1.29 bits per heavy atom. The normalized spacial score (nSPS) is 16.0. The fourth-order valence-corrected chi connectivity index (χ4v) is 4.48. The third kappa shape index (κ3) is 5.25. The maximum Gasteiger partial charge on any atom is 0.272 e.